The van der Waals surface area contributed by atoms with Crippen molar-refractivity contribution >= 4 is 90.7 Å². The highest BCUT2D eigenvalue weighted by molar-refractivity contribution is 7.28. The summed E-state index contributed by atoms with van der Waals surface area (Å²) in [7, 11) is 0. The number of rotatable bonds is 0. The molecule has 0 radical (unpaired) electrons. The van der Waals surface area contributed by atoms with Gasteiger partial charge in [-0.3, -0.25) is 0 Å². The van der Waals surface area contributed by atoms with Gasteiger partial charge >= 0.3 is 0 Å². The molecular formula is C64H44S8. The number of fused-ring (bicyclic) bond motifs is 22. The summed E-state index contributed by atoms with van der Waals surface area (Å²) in [6.45, 7) is 0. The molecule has 0 N–H and O–H groups in total. The smallest absolute Gasteiger partial charge is 0.0449 e. The summed E-state index contributed by atoms with van der Waals surface area (Å²) in [5, 5.41) is 9.47. The number of aryl methyl sites for hydroxylation is 8. The first-order chi connectivity index (χ1) is 35.5. The molecule has 0 nitrogen and oxygen atoms in total. The average molecular weight is 1070 g/mol. The Morgan fingerprint density at radius 3 is 0.792 bits per heavy atom. The minimum Gasteiger partial charge on any atom is -0.143 e. The van der Waals surface area contributed by atoms with E-state index in [0.717, 1.165) is 51.4 Å². The number of benzene rings is 4. The van der Waals surface area contributed by atoms with Crippen LogP contribution in [0.2, 0.25) is 0 Å². The van der Waals surface area contributed by atoms with Crippen LogP contribution in [0.15, 0.2) is 167 Å². The van der Waals surface area contributed by atoms with Gasteiger partial charge in [0.2, 0.25) is 0 Å². The van der Waals surface area contributed by atoms with Crippen molar-refractivity contribution in [3.05, 3.63) is 212 Å². The lowest BCUT2D eigenvalue weighted by atomic mass is 9.90. The van der Waals surface area contributed by atoms with E-state index in [4.69, 9.17) is 0 Å². The summed E-state index contributed by atoms with van der Waals surface area (Å²) in [4.78, 5) is 16.3. The molecule has 8 aliphatic carbocycles. The average Bonchev–Trinajstić information content (AvgIpc) is 4.25. The van der Waals surface area contributed by atoms with Crippen molar-refractivity contribution in [1.82, 2.24) is 0 Å². The minimum absolute atomic E-state index is 1.02. The quantitative estimate of drug-likeness (QED) is 0.142. The third-order valence-corrected chi connectivity index (χ3v) is 23.9. The molecule has 72 heavy (non-hydrogen) atoms. The van der Waals surface area contributed by atoms with Gasteiger partial charge in [-0.05, 0) is 235 Å². The van der Waals surface area contributed by atoms with Crippen molar-refractivity contribution in [2.75, 3.05) is 0 Å². The zero-order valence-electron chi connectivity index (χ0n) is 39.1. The van der Waals surface area contributed by atoms with Gasteiger partial charge in [-0.15, -0.1) is 90.7 Å². The van der Waals surface area contributed by atoms with Gasteiger partial charge in [0, 0.05) is 58.5 Å². The van der Waals surface area contributed by atoms with Crippen molar-refractivity contribution in [3.8, 4) is 103 Å². The highest BCUT2D eigenvalue weighted by Gasteiger charge is 2.21. The Labute approximate surface area is 452 Å². The van der Waals surface area contributed by atoms with Crippen molar-refractivity contribution in [1.29, 1.82) is 0 Å². The van der Waals surface area contributed by atoms with Gasteiger partial charge in [0.15, 0.2) is 0 Å². The van der Waals surface area contributed by atoms with E-state index in [2.05, 4.69) is 167 Å². The second-order valence-corrected chi connectivity index (χ2v) is 27.4. The maximum atomic E-state index is 2.51. The second kappa shape index (κ2) is 18.1. The first-order valence-corrected chi connectivity index (χ1v) is 31.6. The predicted molar refractivity (Wildman–Crippen MR) is 320 cm³/mol. The second-order valence-electron chi connectivity index (χ2n) is 19.4. The molecule has 0 atom stereocenters. The molecule has 9 heterocycles. The molecule has 4 aromatic carbocycles. The normalized spacial score (nSPS) is 13.7. The lowest BCUT2D eigenvalue weighted by molar-refractivity contribution is 0.926. The SMILES string of the molecule is c1cc2c3cc1CCc1ccc(cc1-c1cc(cs1)-c1csc(c1)-c1ccc(s1)-c1ccc(s1)-c1cc4ccc1CCc1ccc(c(c1)-c1cc(cs1)-c1csc(c1)-c1ccc(s1)-c1ccc-3s1)CC4)CC2. The summed E-state index contributed by atoms with van der Waals surface area (Å²) in [6, 6.07) is 57.8. The largest absolute Gasteiger partial charge is 0.143 e. The van der Waals surface area contributed by atoms with Crippen LogP contribution in [0.3, 0.4) is 0 Å². The zero-order valence-corrected chi connectivity index (χ0v) is 45.6. The third kappa shape index (κ3) is 8.16. The summed E-state index contributed by atoms with van der Waals surface area (Å²) in [5.41, 5.74) is 22.3. The van der Waals surface area contributed by atoms with Gasteiger partial charge in [0.25, 0.3) is 0 Å². The van der Waals surface area contributed by atoms with E-state index in [-0.39, 0.29) is 0 Å². The lowest BCUT2D eigenvalue weighted by Crippen LogP contribution is -2.01. The van der Waals surface area contributed by atoms with E-state index in [9.17, 15) is 0 Å². The molecule has 0 fully saturated rings. The van der Waals surface area contributed by atoms with Crippen LogP contribution in [0.1, 0.15) is 44.5 Å². The number of hydrogen-bond donors (Lipinski definition) is 0. The molecule has 28 bridgehead atoms. The van der Waals surface area contributed by atoms with E-state index >= 15 is 0 Å². The highest BCUT2D eigenvalue weighted by atomic mass is 32.1. The Morgan fingerprint density at radius 1 is 0.208 bits per heavy atom. The molecule has 0 unspecified atom stereocenters. The molecule has 1 aliphatic heterocycles. The molecule has 8 heteroatoms. The standard InChI is InChI=1S/C64H44S8/c1-9-41-11-3-39-7-15-43-13-5-37(1)25-49(41)53-17-19-55(69-53)57-21-23-59(71-57)63-32-48(36-68-63)46-30-62(66-34-46)52-28-40-4-12-42-10-2-38(6-14-44(52)16-8-40)26-50(42)54-18-20-56(70-54)58-22-24-60(72-58)64-31-47(35-67-64)45-29-61(65-33-45)51(43)27-39/h1-2,7-10,15-36H,3-6,11-14H2. The van der Waals surface area contributed by atoms with Gasteiger partial charge in [-0.1, -0.05) is 72.8 Å². The predicted octanol–water partition coefficient (Wildman–Crippen LogP) is 20.9. The van der Waals surface area contributed by atoms with Crippen molar-refractivity contribution in [2.24, 2.45) is 0 Å². The summed E-state index contributed by atoms with van der Waals surface area (Å²) in [5.74, 6) is 0. The van der Waals surface area contributed by atoms with Gasteiger partial charge in [0.1, 0.15) is 0 Å². The van der Waals surface area contributed by atoms with Crippen LogP contribution in [0.5, 0.6) is 0 Å². The number of thiophene rings is 8. The molecule has 0 saturated carbocycles. The molecule has 0 amide bonds. The van der Waals surface area contributed by atoms with Gasteiger partial charge in [-0.25, -0.2) is 0 Å². The topological polar surface area (TPSA) is 0 Å². The Bertz CT molecular complexity index is 3500. The monoisotopic (exact) mass is 1070 g/mol. The molecule has 12 aromatic rings. The first-order valence-electron chi connectivity index (χ1n) is 24.8. The maximum absolute atomic E-state index is 2.51. The summed E-state index contributed by atoms with van der Waals surface area (Å²) >= 11 is 15.3. The maximum Gasteiger partial charge on any atom is 0.0449 e. The van der Waals surface area contributed by atoms with Crippen LogP contribution in [-0.4, -0.2) is 0 Å². The molecule has 348 valence electrons. The lowest BCUT2D eigenvalue weighted by Gasteiger charge is -2.16. The summed E-state index contributed by atoms with van der Waals surface area (Å²) < 4.78 is 0. The van der Waals surface area contributed by atoms with Crippen LogP contribution >= 0.6 is 90.7 Å². The van der Waals surface area contributed by atoms with E-state index in [1.54, 1.807) is 0 Å². The van der Waals surface area contributed by atoms with Gasteiger partial charge in [0.05, 0.1) is 0 Å². The van der Waals surface area contributed by atoms with Crippen molar-refractivity contribution in [2.45, 2.75) is 51.4 Å². The van der Waals surface area contributed by atoms with Crippen LogP contribution < -0.4 is 0 Å². The number of hydrogen-bond acceptors (Lipinski definition) is 8. The van der Waals surface area contributed by atoms with Crippen molar-refractivity contribution in [3.63, 3.8) is 0 Å². The van der Waals surface area contributed by atoms with E-state index in [1.165, 1.54) is 148 Å². The van der Waals surface area contributed by atoms with E-state index in [0.29, 0.717) is 0 Å². The van der Waals surface area contributed by atoms with Crippen LogP contribution in [-0.2, 0) is 51.4 Å². The Kier molecular flexibility index (Phi) is 11.1. The highest BCUT2D eigenvalue weighted by Crippen LogP contribution is 2.48. The van der Waals surface area contributed by atoms with E-state index in [1.807, 2.05) is 90.7 Å². The summed E-state index contributed by atoms with van der Waals surface area (Å²) in [6.07, 6.45) is 8.15. The Hall–Kier alpha value is -5.52. The Balaban J connectivity index is 0.805. The fourth-order valence-corrected chi connectivity index (χ4v) is 19.2. The minimum atomic E-state index is 1.02. The van der Waals surface area contributed by atoms with Crippen LogP contribution in [0.4, 0.5) is 0 Å². The Morgan fingerprint density at radius 2 is 0.458 bits per heavy atom. The van der Waals surface area contributed by atoms with Crippen LogP contribution in [0.25, 0.3) is 103 Å². The first kappa shape index (κ1) is 44.0. The van der Waals surface area contributed by atoms with Gasteiger partial charge in [-0.2, -0.15) is 0 Å². The molecule has 9 aliphatic rings. The third-order valence-electron chi connectivity index (χ3n) is 15.0. The van der Waals surface area contributed by atoms with Crippen molar-refractivity contribution < 1.29 is 0 Å². The molecule has 0 spiro atoms. The molecule has 21 rings (SSSR count). The van der Waals surface area contributed by atoms with E-state index < -0.39 is 0 Å². The molecular weight excluding hydrogens is 1030 g/mol. The fraction of sp³-hybridized carbons (Fsp3) is 0.125. The van der Waals surface area contributed by atoms with Crippen LogP contribution in [0, 0.1) is 0 Å². The fourth-order valence-electron chi connectivity index (χ4n) is 10.9. The van der Waals surface area contributed by atoms with Gasteiger partial charge < -0.3 is 0 Å². The zero-order chi connectivity index (χ0) is 47.3. The molecule has 0 saturated heterocycles. The molecule has 8 aromatic heterocycles.